The third-order valence-corrected chi connectivity index (χ3v) is 4.52. The maximum absolute atomic E-state index is 12.5. The molecule has 1 aliphatic rings. The van der Waals surface area contributed by atoms with Gasteiger partial charge in [-0.25, -0.2) is 0 Å². The van der Waals surface area contributed by atoms with Crippen LogP contribution in [0.5, 0.6) is 11.5 Å². The Bertz CT molecular complexity index is 479. The molecule has 0 radical (unpaired) electrons. The Morgan fingerprint density at radius 1 is 1.18 bits per heavy atom. The summed E-state index contributed by atoms with van der Waals surface area (Å²) in [5, 5.41) is 3.21. The minimum Gasteiger partial charge on any atom is -0.497 e. The Balaban J connectivity index is 2.05. The summed E-state index contributed by atoms with van der Waals surface area (Å²) in [7, 11) is 3.18. The third kappa shape index (κ3) is 4.15. The van der Waals surface area contributed by atoms with Crippen molar-refractivity contribution >= 4 is 5.91 Å². The summed E-state index contributed by atoms with van der Waals surface area (Å²) < 4.78 is 10.5. The normalized spacial score (nSPS) is 20.7. The number of hydrogen-bond donors (Lipinski definition) is 1. The summed E-state index contributed by atoms with van der Waals surface area (Å²) >= 11 is 0. The molecule has 1 aliphatic carbocycles. The van der Waals surface area contributed by atoms with Crippen molar-refractivity contribution in [3.8, 4) is 11.5 Å². The lowest BCUT2D eigenvalue weighted by atomic mass is 9.96. The minimum absolute atomic E-state index is 0.0365. The molecule has 1 aromatic rings. The van der Waals surface area contributed by atoms with Gasteiger partial charge in [-0.1, -0.05) is 26.2 Å². The highest BCUT2D eigenvalue weighted by molar-refractivity contribution is 5.95. The largest absolute Gasteiger partial charge is 0.497 e. The SMILES string of the molecule is CCCCC1CCCC1NC(=O)c1cc(OC)cc(OC)c1. The van der Waals surface area contributed by atoms with E-state index in [0.717, 1.165) is 6.42 Å². The quantitative estimate of drug-likeness (QED) is 0.833. The number of carbonyl (C=O) groups excluding carboxylic acids is 1. The van der Waals surface area contributed by atoms with E-state index in [1.54, 1.807) is 32.4 Å². The molecule has 2 rings (SSSR count). The molecule has 0 saturated heterocycles. The van der Waals surface area contributed by atoms with Crippen molar-refractivity contribution in [3.05, 3.63) is 23.8 Å². The first-order valence-corrected chi connectivity index (χ1v) is 8.21. The first kappa shape index (κ1) is 16.7. The van der Waals surface area contributed by atoms with Crippen LogP contribution in [0.25, 0.3) is 0 Å². The van der Waals surface area contributed by atoms with E-state index >= 15 is 0 Å². The van der Waals surface area contributed by atoms with E-state index < -0.39 is 0 Å². The Labute approximate surface area is 133 Å². The second-order valence-electron chi connectivity index (χ2n) is 6.01. The first-order chi connectivity index (χ1) is 10.7. The van der Waals surface area contributed by atoms with Gasteiger partial charge in [-0.05, 0) is 37.3 Å². The van der Waals surface area contributed by atoms with Crippen molar-refractivity contribution in [2.75, 3.05) is 14.2 Å². The Hall–Kier alpha value is -1.71. The van der Waals surface area contributed by atoms with Crippen molar-refractivity contribution < 1.29 is 14.3 Å². The van der Waals surface area contributed by atoms with Crippen molar-refractivity contribution in [2.45, 2.75) is 51.5 Å². The second kappa shape index (κ2) is 8.06. The zero-order valence-electron chi connectivity index (χ0n) is 13.9. The predicted octanol–water partition coefficient (Wildman–Crippen LogP) is 3.79. The van der Waals surface area contributed by atoms with Gasteiger partial charge in [0.25, 0.3) is 5.91 Å². The molecule has 122 valence electrons. The van der Waals surface area contributed by atoms with Crippen LogP contribution in [-0.4, -0.2) is 26.2 Å². The van der Waals surface area contributed by atoms with Gasteiger partial charge in [0.15, 0.2) is 0 Å². The molecule has 1 saturated carbocycles. The fraction of sp³-hybridized carbons (Fsp3) is 0.611. The highest BCUT2D eigenvalue weighted by atomic mass is 16.5. The Morgan fingerprint density at radius 3 is 2.45 bits per heavy atom. The van der Waals surface area contributed by atoms with Gasteiger partial charge in [-0.3, -0.25) is 4.79 Å². The molecule has 2 atom stereocenters. The van der Waals surface area contributed by atoms with Crippen molar-refractivity contribution in [1.82, 2.24) is 5.32 Å². The van der Waals surface area contributed by atoms with Crippen LogP contribution in [0.3, 0.4) is 0 Å². The average molecular weight is 305 g/mol. The van der Waals surface area contributed by atoms with Gasteiger partial charge >= 0.3 is 0 Å². The molecule has 1 amide bonds. The molecule has 1 N–H and O–H groups in total. The standard InChI is InChI=1S/C18H27NO3/c1-4-5-7-13-8-6-9-17(13)19-18(20)14-10-15(21-2)12-16(11-14)22-3/h10-13,17H,4-9H2,1-3H3,(H,19,20). The first-order valence-electron chi connectivity index (χ1n) is 8.21. The number of hydrogen-bond acceptors (Lipinski definition) is 3. The van der Waals surface area contributed by atoms with Gasteiger partial charge in [0.05, 0.1) is 14.2 Å². The Kier molecular flexibility index (Phi) is 6.10. The summed E-state index contributed by atoms with van der Waals surface area (Å²) in [4.78, 5) is 12.5. The molecule has 1 aromatic carbocycles. The highest BCUT2D eigenvalue weighted by Crippen LogP contribution is 2.30. The van der Waals surface area contributed by atoms with Crippen LogP contribution in [0, 0.1) is 5.92 Å². The summed E-state index contributed by atoms with van der Waals surface area (Å²) in [6, 6.07) is 5.59. The number of methoxy groups -OCH3 is 2. The smallest absolute Gasteiger partial charge is 0.251 e. The van der Waals surface area contributed by atoms with Crippen LogP contribution in [-0.2, 0) is 0 Å². The van der Waals surface area contributed by atoms with Crippen LogP contribution >= 0.6 is 0 Å². The number of benzene rings is 1. The molecule has 0 bridgehead atoms. The Morgan fingerprint density at radius 2 is 1.86 bits per heavy atom. The van der Waals surface area contributed by atoms with E-state index in [4.69, 9.17) is 9.47 Å². The van der Waals surface area contributed by atoms with Gasteiger partial charge in [0, 0.05) is 17.7 Å². The van der Waals surface area contributed by atoms with E-state index in [0.29, 0.717) is 29.0 Å². The fourth-order valence-corrected chi connectivity index (χ4v) is 3.23. The molecule has 22 heavy (non-hydrogen) atoms. The molecule has 4 heteroatoms. The lowest BCUT2D eigenvalue weighted by Crippen LogP contribution is -2.37. The van der Waals surface area contributed by atoms with E-state index in [-0.39, 0.29) is 5.91 Å². The van der Waals surface area contributed by atoms with Crippen LogP contribution in [0.15, 0.2) is 18.2 Å². The van der Waals surface area contributed by atoms with Crippen LogP contribution in [0.2, 0.25) is 0 Å². The molecule has 0 aromatic heterocycles. The van der Waals surface area contributed by atoms with Crippen LogP contribution in [0.1, 0.15) is 55.8 Å². The van der Waals surface area contributed by atoms with E-state index in [1.807, 2.05) is 0 Å². The molecule has 2 unspecified atom stereocenters. The number of amides is 1. The van der Waals surface area contributed by atoms with Gasteiger partial charge < -0.3 is 14.8 Å². The monoisotopic (exact) mass is 305 g/mol. The van der Waals surface area contributed by atoms with Gasteiger partial charge in [-0.2, -0.15) is 0 Å². The number of rotatable bonds is 7. The van der Waals surface area contributed by atoms with Gasteiger partial charge in [0.2, 0.25) is 0 Å². The number of nitrogens with one attached hydrogen (secondary N) is 1. The lowest BCUT2D eigenvalue weighted by Gasteiger charge is -2.21. The van der Waals surface area contributed by atoms with Crippen molar-refractivity contribution in [3.63, 3.8) is 0 Å². The summed E-state index contributed by atoms with van der Waals surface area (Å²) in [5.74, 6) is 1.86. The van der Waals surface area contributed by atoms with Crippen LogP contribution in [0.4, 0.5) is 0 Å². The second-order valence-corrected chi connectivity index (χ2v) is 6.01. The van der Waals surface area contributed by atoms with E-state index in [2.05, 4.69) is 12.2 Å². The molecule has 0 heterocycles. The van der Waals surface area contributed by atoms with Crippen molar-refractivity contribution in [2.24, 2.45) is 5.92 Å². The fourth-order valence-electron chi connectivity index (χ4n) is 3.23. The summed E-state index contributed by atoms with van der Waals surface area (Å²) in [5.41, 5.74) is 0.595. The molecular formula is C18H27NO3. The summed E-state index contributed by atoms with van der Waals surface area (Å²) in [6.45, 7) is 2.21. The maximum atomic E-state index is 12.5. The lowest BCUT2D eigenvalue weighted by molar-refractivity contribution is 0.0925. The highest BCUT2D eigenvalue weighted by Gasteiger charge is 2.28. The third-order valence-electron chi connectivity index (χ3n) is 4.52. The van der Waals surface area contributed by atoms with Crippen LogP contribution < -0.4 is 14.8 Å². The topological polar surface area (TPSA) is 47.6 Å². The molecule has 4 nitrogen and oxygen atoms in total. The summed E-state index contributed by atoms with van der Waals surface area (Å²) in [6.07, 6.45) is 7.19. The molecule has 0 spiro atoms. The number of carbonyl (C=O) groups is 1. The molecular weight excluding hydrogens is 278 g/mol. The number of ether oxygens (including phenoxy) is 2. The number of unbranched alkanes of at least 4 members (excludes halogenated alkanes) is 1. The molecule has 1 fully saturated rings. The van der Waals surface area contributed by atoms with E-state index in [9.17, 15) is 4.79 Å². The predicted molar refractivity (Wildman–Crippen MR) is 87.7 cm³/mol. The van der Waals surface area contributed by atoms with E-state index in [1.165, 1.54) is 32.1 Å². The van der Waals surface area contributed by atoms with Crippen molar-refractivity contribution in [1.29, 1.82) is 0 Å². The zero-order valence-corrected chi connectivity index (χ0v) is 13.9. The van der Waals surface area contributed by atoms with Gasteiger partial charge in [-0.15, -0.1) is 0 Å². The minimum atomic E-state index is -0.0365. The zero-order chi connectivity index (χ0) is 15.9. The maximum Gasteiger partial charge on any atom is 0.251 e. The molecule has 0 aliphatic heterocycles. The van der Waals surface area contributed by atoms with Gasteiger partial charge in [0.1, 0.15) is 11.5 Å². The average Bonchev–Trinajstić information content (AvgIpc) is 2.99.